The quantitative estimate of drug-likeness (QED) is 0.518. The lowest BCUT2D eigenvalue weighted by Crippen LogP contribution is -2.24. The number of hydrogen-bond acceptors (Lipinski definition) is 5. The van der Waals surface area contributed by atoms with E-state index in [4.69, 9.17) is 9.47 Å². The zero-order valence-corrected chi connectivity index (χ0v) is 16.3. The number of carbonyl (C=O) groups is 2. The predicted molar refractivity (Wildman–Crippen MR) is 110 cm³/mol. The second-order valence-corrected chi connectivity index (χ2v) is 5.92. The first-order valence-corrected chi connectivity index (χ1v) is 9.35. The number of rotatable bonds is 11. The molecule has 2 aromatic carbocycles. The second kappa shape index (κ2) is 11.6. The average molecular weight is 385 g/mol. The molecule has 7 nitrogen and oxygen atoms in total. The van der Waals surface area contributed by atoms with Crippen LogP contribution in [-0.2, 0) is 9.53 Å². The molecule has 150 valence electrons. The average Bonchev–Trinajstić information content (AvgIpc) is 2.70. The number of amides is 2. The molecule has 2 amide bonds. The highest BCUT2D eigenvalue weighted by atomic mass is 16.5. The molecular formula is C21H27N3O4. The lowest BCUT2D eigenvalue weighted by Gasteiger charge is -2.11. The van der Waals surface area contributed by atoms with Crippen LogP contribution in [0.3, 0.4) is 0 Å². The Labute approximate surface area is 165 Å². The van der Waals surface area contributed by atoms with E-state index in [0.29, 0.717) is 43.4 Å². The second-order valence-electron chi connectivity index (χ2n) is 5.92. The van der Waals surface area contributed by atoms with Crippen molar-refractivity contribution in [3.05, 3.63) is 54.1 Å². The largest absolute Gasteiger partial charge is 0.491 e. The first-order chi connectivity index (χ1) is 13.6. The summed E-state index contributed by atoms with van der Waals surface area (Å²) in [7, 11) is 0. The Morgan fingerprint density at radius 3 is 2.54 bits per heavy atom. The van der Waals surface area contributed by atoms with Gasteiger partial charge in [0.15, 0.2) is 0 Å². The van der Waals surface area contributed by atoms with Crippen LogP contribution >= 0.6 is 0 Å². The molecule has 2 rings (SSSR count). The molecule has 0 aliphatic carbocycles. The third-order valence-corrected chi connectivity index (χ3v) is 3.73. The topological polar surface area (TPSA) is 88.7 Å². The summed E-state index contributed by atoms with van der Waals surface area (Å²) in [6, 6.07) is 14.2. The van der Waals surface area contributed by atoms with Crippen LogP contribution in [0.2, 0.25) is 0 Å². The highest BCUT2D eigenvalue weighted by molar-refractivity contribution is 5.98. The van der Waals surface area contributed by atoms with Gasteiger partial charge < -0.3 is 25.4 Å². The van der Waals surface area contributed by atoms with Gasteiger partial charge in [-0.15, -0.1) is 0 Å². The number of benzene rings is 2. The Balaban J connectivity index is 1.84. The third kappa shape index (κ3) is 7.28. The summed E-state index contributed by atoms with van der Waals surface area (Å²) in [6.07, 6.45) is 0. The summed E-state index contributed by atoms with van der Waals surface area (Å²) in [5.41, 5.74) is 1.85. The van der Waals surface area contributed by atoms with Crippen molar-refractivity contribution in [2.45, 2.75) is 13.8 Å². The standard InChI is InChI=1S/C21H27N3O4/c1-3-22-21(26)16-7-5-9-18(13-16)24-20(25)15-23-17-8-6-10-19(14-17)28-12-11-27-4-2/h5-10,13-14,23H,3-4,11-12,15H2,1-2H3,(H,22,26)(H,24,25). The van der Waals surface area contributed by atoms with Crippen LogP contribution in [0.1, 0.15) is 24.2 Å². The Hall–Kier alpha value is -3.06. The number of nitrogens with one attached hydrogen (secondary N) is 3. The van der Waals surface area contributed by atoms with Crippen LogP contribution in [0.4, 0.5) is 11.4 Å². The minimum Gasteiger partial charge on any atom is -0.491 e. The van der Waals surface area contributed by atoms with Crippen LogP contribution < -0.4 is 20.7 Å². The van der Waals surface area contributed by atoms with E-state index in [-0.39, 0.29) is 18.4 Å². The highest BCUT2D eigenvalue weighted by Gasteiger charge is 2.07. The Morgan fingerprint density at radius 1 is 0.964 bits per heavy atom. The van der Waals surface area contributed by atoms with Gasteiger partial charge in [-0.25, -0.2) is 0 Å². The molecule has 0 heterocycles. The van der Waals surface area contributed by atoms with Gasteiger partial charge in [-0.1, -0.05) is 12.1 Å². The smallest absolute Gasteiger partial charge is 0.251 e. The van der Waals surface area contributed by atoms with E-state index in [0.717, 1.165) is 5.69 Å². The Kier molecular flexibility index (Phi) is 8.81. The summed E-state index contributed by atoms with van der Waals surface area (Å²) in [6.45, 7) is 6.10. The molecule has 3 N–H and O–H groups in total. The first-order valence-electron chi connectivity index (χ1n) is 9.35. The summed E-state index contributed by atoms with van der Waals surface area (Å²) in [5, 5.41) is 8.58. The van der Waals surface area contributed by atoms with Crippen molar-refractivity contribution in [1.29, 1.82) is 0 Å². The van der Waals surface area contributed by atoms with E-state index in [2.05, 4.69) is 16.0 Å². The molecule has 0 saturated heterocycles. The minimum atomic E-state index is -0.212. The monoisotopic (exact) mass is 385 g/mol. The van der Waals surface area contributed by atoms with Crippen molar-refractivity contribution >= 4 is 23.2 Å². The SMILES string of the molecule is CCNC(=O)c1cccc(NC(=O)CNc2cccc(OCCOCC)c2)c1. The van der Waals surface area contributed by atoms with E-state index in [1.807, 2.05) is 38.1 Å². The first kappa shape index (κ1) is 21.2. The summed E-state index contributed by atoms with van der Waals surface area (Å²) in [5.74, 6) is 0.327. The maximum atomic E-state index is 12.2. The number of anilines is 2. The van der Waals surface area contributed by atoms with E-state index in [1.54, 1.807) is 24.3 Å². The molecule has 0 unspecified atom stereocenters. The molecule has 0 aromatic heterocycles. The Bertz CT molecular complexity index is 780. The number of carbonyl (C=O) groups excluding carboxylic acids is 2. The molecule has 0 fully saturated rings. The number of ether oxygens (including phenoxy) is 2. The lowest BCUT2D eigenvalue weighted by atomic mass is 10.2. The van der Waals surface area contributed by atoms with Gasteiger partial charge in [0.2, 0.25) is 5.91 Å². The van der Waals surface area contributed by atoms with Gasteiger partial charge in [-0.2, -0.15) is 0 Å². The van der Waals surface area contributed by atoms with Crippen LogP contribution in [0.5, 0.6) is 5.75 Å². The molecule has 2 aromatic rings. The van der Waals surface area contributed by atoms with Crippen LogP contribution in [0.15, 0.2) is 48.5 Å². The van der Waals surface area contributed by atoms with Gasteiger partial charge in [0.25, 0.3) is 5.91 Å². The van der Waals surface area contributed by atoms with Crippen molar-refractivity contribution < 1.29 is 19.1 Å². The van der Waals surface area contributed by atoms with Crippen molar-refractivity contribution in [2.75, 3.05) is 43.5 Å². The van der Waals surface area contributed by atoms with Gasteiger partial charge >= 0.3 is 0 Å². The van der Waals surface area contributed by atoms with Crippen molar-refractivity contribution in [1.82, 2.24) is 5.32 Å². The summed E-state index contributed by atoms with van der Waals surface area (Å²) >= 11 is 0. The minimum absolute atomic E-state index is 0.0911. The van der Waals surface area contributed by atoms with Crippen LogP contribution in [0, 0.1) is 0 Å². The summed E-state index contributed by atoms with van der Waals surface area (Å²) in [4.78, 5) is 24.1. The van der Waals surface area contributed by atoms with Gasteiger partial charge in [-0.05, 0) is 44.2 Å². The van der Waals surface area contributed by atoms with E-state index < -0.39 is 0 Å². The highest BCUT2D eigenvalue weighted by Crippen LogP contribution is 2.17. The molecule has 28 heavy (non-hydrogen) atoms. The molecule has 0 aliphatic heterocycles. The van der Waals surface area contributed by atoms with Gasteiger partial charge in [0.05, 0.1) is 13.2 Å². The Morgan fingerprint density at radius 2 is 1.75 bits per heavy atom. The maximum Gasteiger partial charge on any atom is 0.251 e. The molecule has 0 saturated carbocycles. The zero-order valence-electron chi connectivity index (χ0n) is 16.3. The zero-order chi connectivity index (χ0) is 20.2. The third-order valence-electron chi connectivity index (χ3n) is 3.73. The van der Waals surface area contributed by atoms with E-state index >= 15 is 0 Å². The fraction of sp³-hybridized carbons (Fsp3) is 0.333. The summed E-state index contributed by atoms with van der Waals surface area (Å²) < 4.78 is 10.8. The number of hydrogen-bond donors (Lipinski definition) is 3. The van der Waals surface area contributed by atoms with E-state index in [9.17, 15) is 9.59 Å². The molecular weight excluding hydrogens is 358 g/mol. The van der Waals surface area contributed by atoms with Gasteiger partial charge in [0.1, 0.15) is 12.4 Å². The van der Waals surface area contributed by atoms with Gasteiger partial charge in [0, 0.05) is 36.2 Å². The van der Waals surface area contributed by atoms with Crippen LogP contribution in [-0.4, -0.2) is 44.7 Å². The molecule has 0 aliphatic rings. The molecule has 0 atom stereocenters. The fourth-order valence-corrected chi connectivity index (χ4v) is 2.45. The van der Waals surface area contributed by atoms with Crippen LogP contribution in [0.25, 0.3) is 0 Å². The molecule has 0 bridgehead atoms. The van der Waals surface area contributed by atoms with E-state index in [1.165, 1.54) is 0 Å². The van der Waals surface area contributed by atoms with Crippen molar-refractivity contribution in [3.63, 3.8) is 0 Å². The maximum absolute atomic E-state index is 12.2. The normalized spacial score (nSPS) is 10.2. The fourth-order valence-electron chi connectivity index (χ4n) is 2.45. The lowest BCUT2D eigenvalue weighted by molar-refractivity contribution is -0.114. The molecule has 7 heteroatoms. The van der Waals surface area contributed by atoms with Gasteiger partial charge in [-0.3, -0.25) is 9.59 Å². The van der Waals surface area contributed by atoms with Crippen molar-refractivity contribution in [2.24, 2.45) is 0 Å². The van der Waals surface area contributed by atoms with Crippen molar-refractivity contribution in [3.8, 4) is 5.75 Å². The molecule has 0 radical (unpaired) electrons. The molecule has 0 spiro atoms. The predicted octanol–water partition coefficient (Wildman–Crippen LogP) is 2.90.